The highest BCUT2D eigenvalue weighted by Gasteiger charge is 2.28. The monoisotopic (exact) mass is 201 g/mol. The molecule has 0 atom stereocenters. The van der Waals surface area contributed by atoms with Crippen LogP contribution in [0.4, 0.5) is 0 Å². The van der Waals surface area contributed by atoms with Gasteiger partial charge < -0.3 is 0 Å². The molecule has 0 aromatic carbocycles. The Balaban J connectivity index is 2.35. The standard InChI is InChI=1S/C10H19NOS/c1-10(2,3)9(12)5-11(4)8-6-13-7-8/h8H,5-7H2,1-4H3. The van der Waals surface area contributed by atoms with Gasteiger partial charge in [0.1, 0.15) is 0 Å². The smallest absolute Gasteiger partial charge is 0.152 e. The second-order valence-electron chi connectivity index (χ2n) is 4.78. The molecule has 0 unspecified atom stereocenters. The Morgan fingerprint density at radius 2 is 2.00 bits per heavy atom. The van der Waals surface area contributed by atoms with Gasteiger partial charge in [0.25, 0.3) is 0 Å². The van der Waals surface area contributed by atoms with Crippen molar-refractivity contribution >= 4 is 17.5 Å². The lowest BCUT2D eigenvalue weighted by Gasteiger charge is -2.34. The molecule has 0 bridgehead atoms. The molecule has 1 aliphatic rings. The largest absolute Gasteiger partial charge is 0.298 e. The molecule has 0 saturated carbocycles. The Morgan fingerprint density at radius 1 is 1.46 bits per heavy atom. The summed E-state index contributed by atoms with van der Waals surface area (Å²) in [7, 11) is 2.05. The van der Waals surface area contributed by atoms with Crippen molar-refractivity contribution in [3.8, 4) is 0 Å². The van der Waals surface area contributed by atoms with Gasteiger partial charge in [-0.2, -0.15) is 11.8 Å². The number of ketones is 1. The van der Waals surface area contributed by atoms with Crippen molar-refractivity contribution in [1.29, 1.82) is 0 Å². The number of likely N-dealkylation sites (N-methyl/N-ethyl adjacent to an activating group) is 1. The average molecular weight is 201 g/mol. The van der Waals surface area contributed by atoms with Gasteiger partial charge in [-0.05, 0) is 7.05 Å². The van der Waals surface area contributed by atoms with Crippen LogP contribution in [0.2, 0.25) is 0 Å². The van der Waals surface area contributed by atoms with Crippen LogP contribution in [0.1, 0.15) is 20.8 Å². The SMILES string of the molecule is CN(CC(=O)C(C)(C)C)C1CSC1. The van der Waals surface area contributed by atoms with Crippen LogP contribution >= 0.6 is 11.8 Å². The van der Waals surface area contributed by atoms with Crippen molar-refractivity contribution < 1.29 is 4.79 Å². The van der Waals surface area contributed by atoms with Crippen LogP contribution in [0.5, 0.6) is 0 Å². The van der Waals surface area contributed by atoms with Gasteiger partial charge in [-0.15, -0.1) is 0 Å². The number of hydrogen-bond acceptors (Lipinski definition) is 3. The number of rotatable bonds is 3. The molecule has 76 valence electrons. The van der Waals surface area contributed by atoms with Gasteiger partial charge in [-0.3, -0.25) is 9.69 Å². The fourth-order valence-corrected chi connectivity index (χ4v) is 2.03. The van der Waals surface area contributed by atoms with Gasteiger partial charge >= 0.3 is 0 Å². The zero-order valence-electron chi connectivity index (χ0n) is 8.96. The second kappa shape index (κ2) is 4.01. The number of thioether (sulfide) groups is 1. The summed E-state index contributed by atoms with van der Waals surface area (Å²) in [4.78, 5) is 13.9. The third-order valence-corrected chi connectivity index (χ3v) is 3.71. The van der Waals surface area contributed by atoms with E-state index in [0.29, 0.717) is 18.4 Å². The number of carbonyl (C=O) groups excluding carboxylic acids is 1. The summed E-state index contributed by atoms with van der Waals surface area (Å²) in [5, 5.41) is 0. The minimum absolute atomic E-state index is 0.189. The lowest BCUT2D eigenvalue weighted by molar-refractivity contribution is -0.127. The van der Waals surface area contributed by atoms with Crippen molar-refractivity contribution in [1.82, 2.24) is 4.90 Å². The van der Waals surface area contributed by atoms with Crippen LogP contribution in [-0.4, -0.2) is 41.8 Å². The fraction of sp³-hybridized carbons (Fsp3) is 0.900. The quantitative estimate of drug-likeness (QED) is 0.692. The van der Waals surface area contributed by atoms with E-state index in [1.807, 2.05) is 39.6 Å². The normalized spacial score (nSPS) is 18.8. The maximum atomic E-state index is 11.7. The molecule has 0 aromatic rings. The van der Waals surface area contributed by atoms with Crippen molar-refractivity contribution in [3.63, 3.8) is 0 Å². The molecule has 3 heteroatoms. The van der Waals surface area contributed by atoms with E-state index in [2.05, 4.69) is 4.90 Å². The van der Waals surface area contributed by atoms with Crippen LogP contribution < -0.4 is 0 Å². The Bertz CT molecular complexity index is 194. The van der Waals surface area contributed by atoms with Crippen molar-refractivity contribution in [2.24, 2.45) is 5.41 Å². The molecule has 13 heavy (non-hydrogen) atoms. The summed E-state index contributed by atoms with van der Waals surface area (Å²) in [6.45, 7) is 6.56. The lowest BCUT2D eigenvalue weighted by Crippen LogP contribution is -2.46. The first kappa shape index (κ1) is 11.1. The Kier molecular flexibility index (Phi) is 3.41. The number of nitrogens with zero attached hydrogens (tertiary/aromatic N) is 1. The zero-order chi connectivity index (χ0) is 10.1. The first-order chi connectivity index (χ1) is 5.91. The van der Waals surface area contributed by atoms with Crippen molar-refractivity contribution in [2.45, 2.75) is 26.8 Å². The van der Waals surface area contributed by atoms with E-state index in [0.717, 1.165) is 0 Å². The number of carbonyl (C=O) groups is 1. The topological polar surface area (TPSA) is 20.3 Å². The molecular formula is C10H19NOS. The molecule has 0 amide bonds. The van der Waals surface area contributed by atoms with Crippen molar-refractivity contribution in [2.75, 3.05) is 25.1 Å². The molecular weight excluding hydrogens is 182 g/mol. The lowest BCUT2D eigenvalue weighted by atomic mass is 9.90. The highest BCUT2D eigenvalue weighted by atomic mass is 32.2. The van der Waals surface area contributed by atoms with E-state index < -0.39 is 0 Å². The first-order valence-corrected chi connectivity index (χ1v) is 5.88. The summed E-state index contributed by atoms with van der Waals surface area (Å²) in [5.41, 5.74) is -0.189. The molecule has 0 aliphatic carbocycles. The molecule has 2 nitrogen and oxygen atoms in total. The zero-order valence-corrected chi connectivity index (χ0v) is 9.78. The number of hydrogen-bond donors (Lipinski definition) is 0. The van der Waals surface area contributed by atoms with E-state index in [1.54, 1.807) is 0 Å². The predicted molar refractivity (Wildman–Crippen MR) is 58.2 cm³/mol. The van der Waals surface area contributed by atoms with E-state index in [9.17, 15) is 4.79 Å². The molecule has 0 radical (unpaired) electrons. The van der Waals surface area contributed by atoms with E-state index in [1.165, 1.54) is 11.5 Å². The highest BCUT2D eigenvalue weighted by molar-refractivity contribution is 8.00. The third-order valence-electron chi connectivity index (χ3n) is 2.47. The van der Waals surface area contributed by atoms with Crippen molar-refractivity contribution in [3.05, 3.63) is 0 Å². The summed E-state index contributed by atoms with van der Waals surface area (Å²) in [6, 6.07) is 0.635. The predicted octanol–water partition coefficient (Wildman–Crippen LogP) is 1.65. The second-order valence-corrected chi connectivity index (χ2v) is 5.85. The van der Waals surface area contributed by atoms with Crippen LogP contribution in [-0.2, 0) is 4.79 Å². The van der Waals surface area contributed by atoms with Gasteiger partial charge in [0.15, 0.2) is 5.78 Å². The molecule has 0 N–H and O–H groups in total. The van der Waals surface area contributed by atoms with Gasteiger partial charge in [0.05, 0.1) is 6.54 Å². The van der Waals surface area contributed by atoms with Gasteiger partial charge in [-0.25, -0.2) is 0 Å². The van der Waals surface area contributed by atoms with E-state index >= 15 is 0 Å². The van der Waals surface area contributed by atoms with Crippen LogP contribution in [0, 0.1) is 5.41 Å². The van der Waals surface area contributed by atoms with E-state index in [-0.39, 0.29) is 5.41 Å². The molecule has 0 aromatic heterocycles. The maximum Gasteiger partial charge on any atom is 0.152 e. The Hall–Kier alpha value is -0.0200. The summed E-state index contributed by atoms with van der Waals surface area (Å²) in [6.07, 6.45) is 0. The van der Waals surface area contributed by atoms with Crippen LogP contribution in [0.15, 0.2) is 0 Å². The minimum Gasteiger partial charge on any atom is -0.298 e. The molecule has 1 heterocycles. The van der Waals surface area contributed by atoms with Crippen LogP contribution in [0.3, 0.4) is 0 Å². The molecule has 1 fully saturated rings. The third kappa shape index (κ3) is 2.99. The first-order valence-electron chi connectivity index (χ1n) is 4.72. The summed E-state index contributed by atoms with van der Waals surface area (Å²) >= 11 is 1.96. The van der Waals surface area contributed by atoms with Crippen LogP contribution in [0.25, 0.3) is 0 Å². The van der Waals surface area contributed by atoms with Gasteiger partial charge in [0, 0.05) is 23.0 Å². The Morgan fingerprint density at radius 3 is 2.31 bits per heavy atom. The summed E-state index contributed by atoms with van der Waals surface area (Å²) < 4.78 is 0. The maximum absolute atomic E-state index is 11.7. The molecule has 1 aliphatic heterocycles. The van der Waals surface area contributed by atoms with Gasteiger partial charge in [-0.1, -0.05) is 20.8 Å². The Labute approximate surface area is 85.1 Å². The van der Waals surface area contributed by atoms with Gasteiger partial charge in [0.2, 0.25) is 0 Å². The minimum atomic E-state index is -0.189. The summed E-state index contributed by atoms with van der Waals surface area (Å²) in [5.74, 6) is 2.72. The highest BCUT2D eigenvalue weighted by Crippen LogP contribution is 2.23. The number of Topliss-reactive ketones (excluding diaryl/α,β-unsaturated/α-hetero) is 1. The van der Waals surface area contributed by atoms with E-state index in [4.69, 9.17) is 0 Å². The average Bonchev–Trinajstić information content (AvgIpc) is 1.79. The molecule has 0 spiro atoms. The molecule has 1 rings (SSSR count). The molecule has 1 saturated heterocycles. The fourth-order valence-electron chi connectivity index (χ4n) is 1.07.